The predicted molar refractivity (Wildman–Crippen MR) is 106 cm³/mol. The maximum absolute atomic E-state index is 12.3. The lowest BCUT2D eigenvalue weighted by Gasteiger charge is -2.32. The molecule has 1 aromatic carbocycles. The lowest BCUT2D eigenvalue weighted by Crippen LogP contribution is -2.41. The van der Waals surface area contributed by atoms with E-state index in [1.807, 2.05) is 59.0 Å². The number of ether oxygens (including phenoxy) is 1. The lowest BCUT2D eigenvalue weighted by molar-refractivity contribution is -0.143. The van der Waals surface area contributed by atoms with Gasteiger partial charge in [-0.15, -0.1) is 0 Å². The molecule has 3 rings (SSSR count). The molecule has 2 aromatic rings. The fourth-order valence-electron chi connectivity index (χ4n) is 3.23. The first-order chi connectivity index (χ1) is 12.1. The number of H-pyrrole nitrogens is 1. The van der Waals surface area contributed by atoms with Crippen molar-refractivity contribution < 1.29 is 18.8 Å². The highest BCUT2D eigenvalue weighted by Crippen LogP contribution is 2.43. The summed E-state index contributed by atoms with van der Waals surface area (Å²) < 4.78 is 18.7. The quantitative estimate of drug-likeness (QED) is 0.566. The smallest absolute Gasteiger partial charge is 0.466 e. The number of halogens is 1. The van der Waals surface area contributed by atoms with Gasteiger partial charge in [0.2, 0.25) is 0 Å². The van der Waals surface area contributed by atoms with E-state index in [-0.39, 0.29) is 18.2 Å². The van der Waals surface area contributed by atoms with Crippen molar-refractivity contribution in [1.82, 2.24) is 4.98 Å². The fraction of sp³-hybridized carbons (Fsp3) is 0.526. The summed E-state index contributed by atoms with van der Waals surface area (Å²) in [5.74, 6) is -0.519. The first kappa shape index (κ1) is 19.5. The number of benzene rings is 1. The Morgan fingerprint density at radius 1 is 1.27 bits per heavy atom. The summed E-state index contributed by atoms with van der Waals surface area (Å²) in [4.78, 5) is 15.6. The van der Waals surface area contributed by atoms with Crippen LogP contribution in [0.4, 0.5) is 0 Å². The van der Waals surface area contributed by atoms with Crippen LogP contribution >= 0.6 is 15.9 Å². The summed E-state index contributed by atoms with van der Waals surface area (Å²) in [5, 5.41) is 1.04. The van der Waals surface area contributed by atoms with Gasteiger partial charge in [-0.1, -0.05) is 15.9 Å². The number of nitrogens with one attached hydrogen (secondary N) is 1. The first-order valence-corrected chi connectivity index (χ1v) is 9.71. The van der Waals surface area contributed by atoms with E-state index in [4.69, 9.17) is 14.0 Å². The first-order valence-electron chi connectivity index (χ1n) is 8.92. The van der Waals surface area contributed by atoms with Gasteiger partial charge in [0.25, 0.3) is 0 Å². The molecule has 1 fully saturated rings. The number of aromatic nitrogens is 1. The Morgan fingerprint density at radius 3 is 2.54 bits per heavy atom. The number of carbonyl (C=O) groups is 1. The van der Waals surface area contributed by atoms with Crippen molar-refractivity contribution in [2.24, 2.45) is 0 Å². The summed E-state index contributed by atoms with van der Waals surface area (Å²) in [6.45, 7) is 10.2. The third-order valence-electron chi connectivity index (χ3n) is 5.37. The Kier molecular flexibility index (Phi) is 5.25. The highest BCUT2D eigenvalue weighted by atomic mass is 79.9. The maximum Gasteiger partial charge on any atom is 0.466 e. The van der Waals surface area contributed by atoms with Crippen LogP contribution in [0.25, 0.3) is 10.9 Å². The zero-order valence-corrected chi connectivity index (χ0v) is 17.5. The van der Waals surface area contributed by atoms with Crippen molar-refractivity contribution in [3.63, 3.8) is 0 Å². The minimum atomic E-state index is -0.526. The molecule has 5 nitrogen and oxygen atoms in total. The summed E-state index contributed by atoms with van der Waals surface area (Å²) in [6.07, 6.45) is 2.14. The van der Waals surface area contributed by atoms with Crippen molar-refractivity contribution in [3.8, 4) is 0 Å². The highest BCUT2D eigenvalue weighted by Gasteiger charge is 2.54. The summed E-state index contributed by atoms with van der Waals surface area (Å²) in [5.41, 5.74) is 1.08. The number of rotatable bonds is 5. The maximum atomic E-state index is 12.3. The van der Waals surface area contributed by atoms with E-state index >= 15 is 0 Å². The van der Waals surface area contributed by atoms with E-state index in [0.29, 0.717) is 6.61 Å². The van der Waals surface area contributed by atoms with Crippen molar-refractivity contribution in [3.05, 3.63) is 34.4 Å². The van der Waals surface area contributed by atoms with Gasteiger partial charge >= 0.3 is 13.1 Å². The van der Waals surface area contributed by atoms with Gasteiger partial charge in [0.05, 0.1) is 24.2 Å². The van der Waals surface area contributed by atoms with Crippen LogP contribution < -0.4 is 0 Å². The van der Waals surface area contributed by atoms with Crippen LogP contribution in [0, 0.1) is 0 Å². The van der Waals surface area contributed by atoms with Gasteiger partial charge in [-0.25, -0.2) is 0 Å². The largest absolute Gasteiger partial charge is 0.466 e. The Bertz CT molecular complexity index is 801. The second kappa shape index (κ2) is 7.02. The zero-order chi connectivity index (χ0) is 19.1. The van der Waals surface area contributed by atoms with Crippen LogP contribution in [-0.4, -0.2) is 35.9 Å². The topological polar surface area (TPSA) is 60.6 Å². The van der Waals surface area contributed by atoms with Crippen LogP contribution in [0.5, 0.6) is 0 Å². The minimum Gasteiger partial charge on any atom is -0.466 e. The number of hydrogen-bond acceptors (Lipinski definition) is 4. The molecule has 1 N–H and O–H groups in total. The van der Waals surface area contributed by atoms with Gasteiger partial charge in [-0.05, 0) is 58.4 Å². The van der Waals surface area contributed by atoms with Crippen LogP contribution in [0.15, 0.2) is 28.9 Å². The molecular formula is C19H25BBrNO4. The minimum absolute atomic E-state index is 0.199. The summed E-state index contributed by atoms with van der Waals surface area (Å²) >= 11 is 3.53. The number of esters is 1. The molecular weight excluding hydrogens is 397 g/mol. The Morgan fingerprint density at radius 2 is 1.92 bits per heavy atom. The second-order valence-corrected chi connectivity index (χ2v) is 8.59. The van der Waals surface area contributed by atoms with E-state index < -0.39 is 18.3 Å². The molecule has 0 radical (unpaired) electrons. The van der Waals surface area contributed by atoms with Crippen molar-refractivity contribution in [2.45, 2.75) is 58.1 Å². The lowest BCUT2D eigenvalue weighted by atomic mass is 9.66. The Hall–Kier alpha value is -1.31. The van der Waals surface area contributed by atoms with Gasteiger partial charge in [0.15, 0.2) is 0 Å². The van der Waals surface area contributed by atoms with Crippen molar-refractivity contribution >= 4 is 39.9 Å². The molecule has 1 saturated heterocycles. The molecule has 140 valence electrons. The van der Waals surface area contributed by atoms with Crippen molar-refractivity contribution in [1.29, 1.82) is 0 Å². The molecule has 1 atom stereocenters. The van der Waals surface area contributed by atoms with Crippen LogP contribution in [-0.2, 0) is 18.8 Å². The molecule has 0 saturated carbocycles. The average Bonchev–Trinajstić information content (AvgIpc) is 3.03. The number of aromatic amines is 1. The van der Waals surface area contributed by atoms with Gasteiger partial charge in [-0.3, -0.25) is 4.79 Å². The van der Waals surface area contributed by atoms with E-state index in [0.717, 1.165) is 20.9 Å². The molecule has 0 aliphatic carbocycles. The van der Waals surface area contributed by atoms with Crippen LogP contribution in [0.2, 0.25) is 0 Å². The second-order valence-electron chi connectivity index (χ2n) is 7.67. The Balaban J connectivity index is 2.01. The molecule has 2 heterocycles. The summed E-state index contributed by atoms with van der Waals surface area (Å²) in [7, 11) is -0.526. The van der Waals surface area contributed by atoms with Gasteiger partial charge in [-0.2, -0.15) is 0 Å². The molecule has 1 aliphatic rings. The SMILES string of the molecule is CCOC(=O)CC(B1OC(C)(C)C(C)(C)O1)c1c[nH]c2ccc(Br)cc12. The normalized spacial score (nSPS) is 19.7. The number of carbonyl (C=O) groups excluding carboxylic acids is 1. The van der Waals surface area contributed by atoms with Crippen LogP contribution in [0.1, 0.15) is 52.4 Å². The molecule has 1 aromatic heterocycles. The van der Waals surface area contributed by atoms with Gasteiger partial charge in [0, 0.05) is 27.4 Å². The average molecular weight is 422 g/mol. The molecule has 0 bridgehead atoms. The highest BCUT2D eigenvalue weighted by molar-refractivity contribution is 9.10. The van der Waals surface area contributed by atoms with Crippen LogP contribution in [0.3, 0.4) is 0 Å². The van der Waals surface area contributed by atoms with E-state index in [9.17, 15) is 4.79 Å². The third kappa shape index (κ3) is 3.57. The number of hydrogen-bond donors (Lipinski definition) is 1. The molecule has 0 amide bonds. The Labute approximate surface area is 163 Å². The van der Waals surface area contributed by atoms with Gasteiger partial charge in [0.1, 0.15) is 0 Å². The summed E-state index contributed by atoms with van der Waals surface area (Å²) in [6, 6.07) is 6.04. The predicted octanol–water partition coefficient (Wildman–Crippen LogP) is 4.60. The monoisotopic (exact) mass is 421 g/mol. The molecule has 1 aliphatic heterocycles. The standard InChI is InChI=1S/C19H25BBrNO4/c1-6-24-17(23)10-15(20-25-18(2,3)19(4,5)26-20)14-11-22-16-8-7-12(21)9-13(14)16/h7-9,11,15,22H,6,10H2,1-5H3. The van der Waals surface area contributed by atoms with Gasteiger partial charge < -0.3 is 19.0 Å². The third-order valence-corrected chi connectivity index (χ3v) is 5.86. The van der Waals surface area contributed by atoms with E-state index in [1.54, 1.807) is 0 Å². The fourth-order valence-corrected chi connectivity index (χ4v) is 3.59. The zero-order valence-electron chi connectivity index (χ0n) is 15.9. The van der Waals surface area contributed by atoms with Crippen molar-refractivity contribution in [2.75, 3.05) is 6.61 Å². The van der Waals surface area contributed by atoms with E-state index in [1.165, 1.54) is 0 Å². The molecule has 0 spiro atoms. The number of fused-ring (bicyclic) bond motifs is 1. The van der Waals surface area contributed by atoms with E-state index in [2.05, 4.69) is 20.9 Å². The molecule has 26 heavy (non-hydrogen) atoms. The molecule has 7 heteroatoms. The molecule has 1 unspecified atom stereocenters.